The number of hydrogen-bond donors (Lipinski definition) is 0. The monoisotopic (exact) mass is 300 g/mol. The van der Waals surface area contributed by atoms with Crippen molar-refractivity contribution in [3.63, 3.8) is 0 Å². The van der Waals surface area contributed by atoms with E-state index in [0.717, 1.165) is 11.9 Å². The van der Waals surface area contributed by atoms with Crippen molar-refractivity contribution in [3.05, 3.63) is 22.9 Å². The normalized spacial score (nSPS) is 20.1. The summed E-state index contributed by atoms with van der Waals surface area (Å²) in [5, 5.41) is 1.00. The predicted octanol–water partition coefficient (Wildman–Crippen LogP) is 2.92. The first-order valence-corrected chi connectivity index (χ1v) is 7.57. The number of alkyl halides is 1. The molecule has 2 rings (SSSR count). The lowest BCUT2D eigenvalue weighted by Crippen LogP contribution is -2.33. The number of hydrogen-bond acceptors (Lipinski definition) is 1. The van der Waals surface area contributed by atoms with Gasteiger partial charge >= 0.3 is 5.69 Å². The van der Waals surface area contributed by atoms with Crippen LogP contribution in [-0.2, 0) is 13.6 Å². The molecule has 0 spiro atoms. The number of imidazole rings is 1. The lowest BCUT2D eigenvalue weighted by Gasteiger charge is -2.30. The fourth-order valence-corrected chi connectivity index (χ4v) is 3.54. The van der Waals surface area contributed by atoms with Gasteiger partial charge in [0.05, 0.1) is 0 Å². The van der Waals surface area contributed by atoms with E-state index in [2.05, 4.69) is 15.9 Å². The quantitative estimate of drug-likeness (QED) is 0.623. The Kier molecular flexibility index (Phi) is 4.13. The molecule has 96 valence electrons. The molecule has 1 aromatic rings. The number of halogens is 1. The lowest BCUT2D eigenvalue weighted by atomic mass is 9.82. The Balaban J connectivity index is 2.18. The SMILES string of the molecule is Cn1ccn(CC2(CBr)CCCCCC2)c1=O. The molecule has 1 saturated carbocycles. The molecule has 0 aromatic carbocycles. The van der Waals surface area contributed by atoms with Crippen LogP contribution in [0.15, 0.2) is 17.2 Å². The van der Waals surface area contributed by atoms with Gasteiger partial charge in [-0.1, -0.05) is 41.6 Å². The van der Waals surface area contributed by atoms with Crippen molar-refractivity contribution in [3.8, 4) is 0 Å². The van der Waals surface area contributed by atoms with Gasteiger partial charge in [-0.3, -0.25) is 4.57 Å². The molecular formula is C13H21BrN2O. The molecule has 0 N–H and O–H groups in total. The van der Waals surface area contributed by atoms with Gasteiger partial charge < -0.3 is 4.57 Å². The van der Waals surface area contributed by atoms with Gasteiger partial charge in [-0.2, -0.15) is 0 Å². The van der Waals surface area contributed by atoms with Crippen LogP contribution in [0.2, 0.25) is 0 Å². The van der Waals surface area contributed by atoms with E-state index in [9.17, 15) is 4.79 Å². The first-order valence-electron chi connectivity index (χ1n) is 6.45. The van der Waals surface area contributed by atoms with Crippen LogP contribution in [-0.4, -0.2) is 14.5 Å². The van der Waals surface area contributed by atoms with Crippen molar-refractivity contribution >= 4 is 15.9 Å². The van der Waals surface area contributed by atoms with Gasteiger partial charge in [0.25, 0.3) is 0 Å². The maximum atomic E-state index is 11.9. The van der Waals surface area contributed by atoms with Crippen LogP contribution >= 0.6 is 15.9 Å². The van der Waals surface area contributed by atoms with Crippen LogP contribution in [0.25, 0.3) is 0 Å². The molecule has 17 heavy (non-hydrogen) atoms. The van der Waals surface area contributed by atoms with E-state index in [1.807, 2.05) is 24.0 Å². The Labute approximate surface area is 111 Å². The van der Waals surface area contributed by atoms with Crippen LogP contribution < -0.4 is 5.69 Å². The van der Waals surface area contributed by atoms with Crippen LogP contribution in [0.3, 0.4) is 0 Å². The van der Waals surface area contributed by atoms with Gasteiger partial charge in [0, 0.05) is 31.3 Å². The number of aryl methyl sites for hydroxylation is 1. The van der Waals surface area contributed by atoms with E-state index in [4.69, 9.17) is 0 Å². The second-order valence-corrected chi connectivity index (χ2v) is 5.93. The summed E-state index contributed by atoms with van der Waals surface area (Å²) in [6.45, 7) is 0.859. The van der Waals surface area contributed by atoms with E-state index in [0.29, 0.717) is 0 Å². The van der Waals surface area contributed by atoms with Crippen molar-refractivity contribution in [1.29, 1.82) is 0 Å². The minimum Gasteiger partial charge on any atom is -0.302 e. The molecule has 1 fully saturated rings. The zero-order chi connectivity index (χ0) is 12.3. The molecule has 3 nitrogen and oxygen atoms in total. The standard InChI is InChI=1S/C13H21BrN2O/c1-15-8-9-16(12(15)17)11-13(10-14)6-4-2-3-5-7-13/h8-9H,2-7,10-11H2,1H3. The van der Waals surface area contributed by atoms with Crippen molar-refractivity contribution in [1.82, 2.24) is 9.13 Å². The van der Waals surface area contributed by atoms with E-state index in [-0.39, 0.29) is 11.1 Å². The van der Waals surface area contributed by atoms with E-state index < -0.39 is 0 Å². The maximum Gasteiger partial charge on any atom is 0.327 e. The molecule has 1 aliphatic carbocycles. The van der Waals surface area contributed by atoms with E-state index in [1.165, 1.54) is 38.5 Å². The predicted molar refractivity (Wildman–Crippen MR) is 73.6 cm³/mol. The summed E-state index contributed by atoms with van der Waals surface area (Å²) in [6, 6.07) is 0. The van der Waals surface area contributed by atoms with E-state index in [1.54, 1.807) is 4.57 Å². The molecule has 0 amide bonds. The summed E-state index contributed by atoms with van der Waals surface area (Å²) < 4.78 is 3.52. The van der Waals surface area contributed by atoms with Crippen LogP contribution in [0.1, 0.15) is 38.5 Å². The summed E-state index contributed by atoms with van der Waals surface area (Å²) in [4.78, 5) is 11.9. The zero-order valence-electron chi connectivity index (χ0n) is 10.5. The smallest absolute Gasteiger partial charge is 0.302 e. The molecule has 1 aliphatic rings. The molecule has 0 unspecified atom stereocenters. The summed E-state index contributed by atoms with van der Waals surface area (Å²) in [5.41, 5.74) is 0.386. The molecule has 0 aliphatic heterocycles. The molecule has 0 bridgehead atoms. The molecule has 1 heterocycles. The highest BCUT2D eigenvalue weighted by molar-refractivity contribution is 9.09. The van der Waals surface area contributed by atoms with Gasteiger partial charge in [-0.25, -0.2) is 4.79 Å². The third-order valence-electron chi connectivity index (χ3n) is 3.97. The summed E-state index contributed by atoms with van der Waals surface area (Å²) >= 11 is 3.67. The fraction of sp³-hybridized carbons (Fsp3) is 0.769. The molecule has 0 saturated heterocycles. The zero-order valence-corrected chi connectivity index (χ0v) is 12.1. The first-order chi connectivity index (χ1) is 8.17. The molecule has 1 aromatic heterocycles. The highest BCUT2D eigenvalue weighted by Gasteiger charge is 2.30. The number of rotatable bonds is 3. The average Bonchev–Trinajstić information content (AvgIpc) is 2.59. The molecular weight excluding hydrogens is 280 g/mol. The summed E-state index contributed by atoms with van der Waals surface area (Å²) in [6.07, 6.45) is 11.5. The lowest BCUT2D eigenvalue weighted by molar-refractivity contribution is 0.239. The number of aromatic nitrogens is 2. The van der Waals surface area contributed by atoms with Gasteiger partial charge in [0.2, 0.25) is 0 Å². The van der Waals surface area contributed by atoms with Gasteiger partial charge in [-0.05, 0) is 18.3 Å². The third kappa shape index (κ3) is 2.84. The van der Waals surface area contributed by atoms with Crippen LogP contribution in [0.4, 0.5) is 0 Å². The van der Waals surface area contributed by atoms with Crippen molar-refractivity contribution in [2.75, 3.05) is 5.33 Å². The Hall–Kier alpha value is -0.510. The summed E-state index contributed by atoms with van der Waals surface area (Å²) in [5.74, 6) is 0. The van der Waals surface area contributed by atoms with Gasteiger partial charge in [-0.15, -0.1) is 0 Å². The largest absolute Gasteiger partial charge is 0.327 e. The van der Waals surface area contributed by atoms with Crippen molar-refractivity contribution < 1.29 is 0 Å². The second-order valence-electron chi connectivity index (χ2n) is 5.37. The Morgan fingerprint density at radius 3 is 2.35 bits per heavy atom. The molecule has 4 heteroatoms. The minimum absolute atomic E-state index is 0.106. The fourth-order valence-electron chi connectivity index (χ4n) is 2.80. The Bertz CT molecular complexity index is 413. The van der Waals surface area contributed by atoms with Crippen LogP contribution in [0.5, 0.6) is 0 Å². The van der Waals surface area contributed by atoms with Crippen molar-refractivity contribution in [2.45, 2.75) is 45.1 Å². The van der Waals surface area contributed by atoms with E-state index >= 15 is 0 Å². The maximum absolute atomic E-state index is 11.9. The van der Waals surface area contributed by atoms with Gasteiger partial charge in [0.1, 0.15) is 0 Å². The van der Waals surface area contributed by atoms with Gasteiger partial charge in [0.15, 0.2) is 0 Å². The Morgan fingerprint density at radius 1 is 1.24 bits per heavy atom. The summed E-state index contributed by atoms with van der Waals surface area (Å²) in [7, 11) is 1.81. The molecule has 0 atom stereocenters. The highest BCUT2D eigenvalue weighted by atomic mass is 79.9. The third-order valence-corrected chi connectivity index (χ3v) is 5.16. The highest BCUT2D eigenvalue weighted by Crippen LogP contribution is 2.37. The number of nitrogens with zero attached hydrogens (tertiary/aromatic N) is 2. The second kappa shape index (κ2) is 5.42. The van der Waals surface area contributed by atoms with Crippen molar-refractivity contribution in [2.24, 2.45) is 12.5 Å². The molecule has 0 radical (unpaired) electrons. The minimum atomic E-state index is 0.106. The average molecular weight is 301 g/mol. The van der Waals surface area contributed by atoms with Crippen LogP contribution in [0, 0.1) is 5.41 Å². The first kappa shape index (κ1) is 12.9. The topological polar surface area (TPSA) is 26.9 Å². The Morgan fingerprint density at radius 2 is 1.88 bits per heavy atom.